The van der Waals surface area contributed by atoms with Gasteiger partial charge < -0.3 is 5.32 Å². The van der Waals surface area contributed by atoms with Crippen molar-refractivity contribution < 1.29 is 8.42 Å². The van der Waals surface area contributed by atoms with Crippen molar-refractivity contribution in [2.24, 2.45) is 0 Å². The lowest BCUT2D eigenvalue weighted by Gasteiger charge is -2.17. The maximum absolute atomic E-state index is 12.5. The zero-order chi connectivity index (χ0) is 14.8. The Hall–Kier alpha value is -1.51. The van der Waals surface area contributed by atoms with Crippen molar-refractivity contribution in [3.8, 4) is 0 Å². The molecule has 8 heteroatoms. The van der Waals surface area contributed by atoms with Crippen LogP contribution in [-0.2, 0) is 16.6 Å². The Balaban J connectivity index is 2.29. The van der Waals surface area contributed by atoms with Gasteiger partial charge in [0.05, 0.1) is 17.2 Å². The summed E-state index contributed by atoms with van der Waals surface area (Å²) < 4.78 is 26.4. The number of thiazole rings is 1. The molecule has 0 aliphatic rings. The quantitative estimate of drug-likeness (QED) is 0.909. The third-order valence-electron chi connectivity index (χ3n) is 2.75. The first-order valence-corrected chi connectivity index (χ1v) is 8.27. The van der Waals surface area contributed by atoms with Gasteiger partial charge in [-0.15, -0.1) is 11.3 Å². The molecule has 2 aromatic heterocycles. The molecule has 0 aliphatic carbocycles. The summed E-state index contributed by atoms with van der Waals surface area (Å²) >= 11 is 1.50. The third-order valence-corrected chi connectivity index (χ3v) is 5.40. The van der Waals surface area contributed by atoms with Crippen LogP contribution in [0.15, 0.2) is 28.6 Å². The van der Waals surface area contributed by atoms with E-state index in [0.717, 1.165) is 10.7 Å². The fraction of sp³-hybridized carbons (Fsp3) is 0.333. The number of hydrogen-bond donors (Lipinski definition) is 1. The molecule has 2 aromatic rings. The number of aromatic nitrogens is 2. The van der Waals surface area contributed by atoms with E-state index in [4.69, 9.17) is 0 Å². The largest absolute Gasteiger partial charge is 0.372 e. The van der Waals surface area contributed by atoms with Gasteiger partial charge in [-0.05, 0) is 19.1 Å². The second-order valence-electron chi connectivity index (χ2n) is 4.22. The molecule has 0 aromatic carbocycles. The zero-order valence-corrected chi connectivity index (χ0v) is 13.1. The maximum atomic E-state index is 12.5. The number of rotatable bonds is 5. The van der Waals surface area contributed by atoms with Gasteiger partial charge >= 0.3 is 0 Å². The second-order valence-corrected chi connectivity index (χ2v) is 7.29. The van der Waals surface area contributed by atoms with Crippen LogP contribution in [0, 0.1) is 6.92 Å². The molecule has 0 saturated carbocycles. The monoisotopic (exact) mass is 312 g/mol. The van der Waals surface area contributed by atoms with Crippen molar-refractivity contribution in [3.05, 3.63) is 34.4 Å². The van der Waals surface area contributed by atoms with Crippen LogP contribution >= 0.6 is 11.3 Å². The average Bonchev–Trinajstić information content (AvgIpc) is 2.84. The number of nitrogens with zero attached hydrogens (tertiary/aromatic N) is 3. The lowest BCUT2D eigenvalue weighted by atomic mass is 10.5. The highest BCUT2D eigenvalue weighted by Crippen LogP contribution is 2.22. The lowest BCUT2D eigenvalue weighted by Crippen LogP contribution is -2.27. The van der Waals surface area contributed by atoms with Gasteiger partial charge in [-0.3, -0.25) is 0 Å². The van der Waals surface area contributed by atoms with Crippen LogP contribution in [0.4, 0.5) is 5.82 Å². The zero-order valence-electron chi connectivity index (χ0n) is 11.5. The molecule has 6 nitrogen and oxygen atoms in total. The van der Waals surface area contributed by atoms with Gasteiger partial charge in [0.2, 0.25) is 10.0 Å². The molecule has 0 bridgehead atoms. The average molecular weight is 312 g/mol. The van der Waals surface area contributed by atoms with Crippen molar-refractivity contribution in [2.75, 3.05) is 19.4 Å². The van der Waals surface area contributed by atoms with Crippen LogP contribution in [0.2, 0.25) is 0 Å². The molecule has 1 N–H and O–H groups in total. The first-order chi connectivity index (χ1) is 9.45. The summed E-state index contributed by atoms with van der Waals surface area (Å²) in [6.07, 6.45) is 1.55. The summed E-state index contributed by atoms with van der Waals surface area (Å²) in [5.41, 5.74) is 0.744. The Morgan fingerprint density at radius 2 is 2.20 bits per heavy atom. The Morgan fingerprint density at radius 1 is 1.45 bits per heavy atom. The number of anilines is 1. The van der Waals surface area contributed by atoms with Gasteiger partial charge in [-0.2, -0.15) is 4.31 Å². The molecule has 0 aliphatic heterocycles. The molecule has 2 heterocycles. The topological polar surface area (TPSA) is 75.2 Å². The molecule has 0 unspecified atom stereocenters. The molecule has 20 heavy (non-hydrogen) atoms. The molecule has 0 radical (unpaired) electrons. The highest BCUT2D eigenvalue weighted by molar-refractivity contribution is 7.89. The van der Waals surface area contributed by atoms with Gasteiger partial charge in [0.25, 0.3) is 0 Å². The molecule has 0 spiro atoms. The standard InChI is InChI=1S/C12H16N4O2S2/c1-9-15-10(8-19-9)7-16(3)20(17,18)11-5-4-6-14-12(11)13-2/h4-6,8H,7H2,1-3H3,(H,13,14). The van der Waals surface area contributed by atoms with Crippen molar-refractivity contribution in [1.82, 2.24) is 14.3 Å². The smallest absolute Gasteiger partial charge is 0.246 e. The molecular weight excluding hydrogens is 296 g/mol. The molecule has 2 rings (SSSR count). The second kappa shape index (κ2) is 5.86. The van der Waals surface area contributed by atoms with Crippen LogP contribution in [0.1, 0.15) is 10.7 Å². The summed E-state index contributed by atoms with van der Waals surface area (Å²) in [6.45, 7) is 2.13. The summed E-state index contributed by atoms with van der Waals surface area (Å²) in [5, 5.41) is 5.58. The SMILES string of the molecule is CNc1ncccc1S(=O)(=O)N(C)Cc1csc(C)n1. The van der Waals surface area contributed by atoms with Crippen molar-refractivity contribution in [2.45, 2.75) is 18.4 Å². The summed E-state index contributed by atoms with van der Waals surface area (Å²) in [6, 6.07) is 3.14. The first kappa shape index (κ1) is 14.9. The number of hydrogen-bond acceptors (Lipinski definition) is 6. The predicted molar refractivity (Wildman–Crippen MR) is 79.3 cm³/mol. The van der Waals surface area contributed by atoms with E-state index in [2.05, 4.69) is 15.3 Å². The Morgan fingerprint density at radius 3 is 2.80 bits per heavy atom. The summed E-state index contributed by atoms with van der Waals surface area (Å²) in [4.78, 5) is 8.47. The van der Waals surface area contributed by atoms with E-state index in [-0.39, 0.29) is 11.4 Å². The van der Waals surface area contributed by atoms with Crippen LogP contribution < -0.4 is 5.32 Å². The Bertz CT molecular complexity index is 697. The number of pyridine rings is 1. The van der Waals surface area contributed by atoms with E-state index in [1.165, 1.54) is 28.8 Å². The fourth-order valence-corrected chi connectivity index (χ4v) is 3.64. The summed E-state index contributed by atoms with van der Waals surface area (Å²) in [5.74, 6) is 0.341. The number of nitrogens with one attached hydrogen (secondary N) is 1. The minimum absolute atomic E-state index is 0.164. The molecular formula is C12H16N4O2S2. The number of sulfonamides is 1. The van der Waals surface area contributed by atoms with E-state index >= 15 is 0 Å². The van der Waals surface area contributed by atoms with E-state index in [0.29, 0.717) is 5.82 Å². The van der Waals surface area contributed by atoms with Gasteiger partial charge in [0.1, 0.15) is 10.7 Å². The minimum atomic E-state index is -3.60. The lowest BCUT2D eigenvalue weighted by molar-refractivity contribution is 0.463. The Labute approximate surface area is 122 Å². The highest BCUT2D eigenvalue weighted by atomic mass is 32.2. The van der Waals surface area contributed by atoms with E-state index in [9.17, 15) is 8.42 Å². The van der Waals surface area contributed by atoms with Crippen LogP contribution in [-0.4, -0.2) is 36.8 Å². The Kier molecular flexibility index (Phi) is 4.36. The third kappa shape index (κ3) is 2.97. The molecule has 108 valence electrons. The van der Waals surface area contributed by atoms with Crippen LogP contribution in [0.25, 0.3) is 0 Å². The van der Waals surface area contributed by atoms with Crippen molar-refractivity contribution in [3.63, 3.8) is 0 Å². The van der Waals surface area contributed by atoms with Crippen LogP contribution in [0.5, 0.6) is 0 Å². The van der Waals surface area contributed by atoms with Gasteiger partial charge in [-0.25, -0.2) is 18.4 Å². The first-order valence-electron chi connectivity index (χ1n) is 5.95. The summed E-state index contributed by atoms with van der Waals surface area (Å²) in [7, 11) is -0.416. The normalized spacial score (nSPS) is 11.8. The van der Waals surface area contributed by atoms with Crippen LogP contribution in [0.3, 0.4) is 0 Å². The van der Waals surface area contributed by atoms with Crippen molar-refractivity contribution in [1.29, 1.82) is 0 Å². The van der Waals surface area contributed by atoms with E-state index in [1.54, 1.807) is 19.3 Å². The molecule has 0 fully saturated rings. The molecule has 0 saturated heterocycles. The minimum Gasteiger partial charge on any atom is -0.372 e. The van der Waals surface area contributed by atoms with E-state index < -0.39 is 10.0 Å². The molecule has 0 atom stereocenters. The number of aryl methyl sites for hydroxylation is 1. The highest BCUT2D eigenvalue weighted by Gasteiger charge is 2.24. The van der Waals surface area contributed by atoms with Gasteiger partial charge in [0, 0.05) is 25.7 Å². The van der Waals surface area contributed by atoms with E-state index in [1.807, 2.05) is 12.3 Å². The fourth-order valence-electron chi connectivity index (χ4n) is 1.75. The maximum Gasteiger partial charge on any atom is 0.246 e. The van der Waals surface area contributed by atoms with Crippen molar-refractivity contribution >= 4 is 27.2 Å². The predicted octanol–water partition coefficient (Wildman–Crippen LogP) is 1.71. The van der Waals surface area contributed by atoms with Gasteiger partial charge in [-0.1, -0.05) is 0 Å². The van der Waals surface area contributed by atoms with Gasteiger partial charge in [0.15, 0.2) is 0 Å². The molecule has 0 amide bonds.